The van der Waals surface area contributed by atoms with Crippen LogP contribution in [0.25, 0.3) is 11.4 Å². The van der Waals surface area contributed by atoms with E-state index in [4.69, 9.17) is 0 Å². The van der Waals surface area contributed by atoms with Crippen LogP contribution < -0.4 is 0 Å². The van der Waals surface area contributed by atoms with E-state index < -0.39 is 0 Å². The predicted octanol–water partition coefficient (Wildman–Crippen LogP) is 4.14. The van der Waals surface area contributed by atoms with Gasteiger partial charge in [0, 0.05) is 33.6 Å². The third kappa shape index (κ3) is 3.06. The van der Waals surface area contributed by atoms with Crippen molar-refractivity contribution in [3.8, 4) is 11.4 Å². The summed E-state index contributed by atoms with van der Waals surface area (Å²) in [7, 11) is 0. The van der Waals surface area contributed by atoms with E-state index in [1.165, 1.54) is 0 Å². The Labute approximate surface area is 130 Å². The van der Waals surface area contributed by atoms with Gasteiger partial charge in [0.2, 0.25) is 0 Å². The smallest absolute Gasteiger partial charge is 0.193 e. The van der Waals surface area contributed by atoms with Gasteiger partial charge in [0.15, 0.2) is 11.6 Å². The van der Waals surface area contributed by atoms with Crippen molar-refractivity contribution in [1.29, 1.82) is 0 Å². The zero-order chi connectivity index (χ0) is 14.7. The van der Waals surface area contributed by atoms with E-state index in [1.807, 2.05) is 36.4 Å². The van der Waals surface area contributed by atoms with E-state index in [0.29, 0.717) is 17.0 Å². The van der Waals surface area contributed by atoms with Crippen LogP contribution in [0.4, 0.5) is 0 Å². The summed E-state index contributed by atoms with van der Waals surface area (Å²) >= 11 is 3.38. The fourth-order valence-electron chi connectivity index (χ4n) is 2.04. The van der Waals surface area contributed by atoms with Crippen LogP contribution in [0, 0.1) is 0 Å². The van der Waals surface area contributed by atoms with E-state index in [1.54, 1.807) is 30.6 Å². The number of nitrogens with zero attached hydrogens (tertiary/aromatic N) is 2. The summed E-state index contributed by atoms with van der Waals surface area (Å²) in [6.07, 6.45) is 3.37. The van der Waals surface area contributed by atoms with Gasteiger partial charge in [0.05, 0.1) is 0 Å². The SMILES string of the molecule is O=C(c1cccc(Br)c1)c1cccc(-c2ncccn2)c1. The normalized spacial score (nSPS) is 10.3. The Morgan fingerprint density at radius 3 is 2.24 bits per heavy atom. The molecular formula is C17H11BrN2O. The number of rotatable bonds is 3. The second kappa shape index (κ2) is 5.97. The molecule has 3 rings (SSSR count). The molecule has 102 valence electrons. The molecule has 0 amide bonds. The molecule has 1 aromatic heterocycles. The van der Waals surface area contributed by atoms with Crippen LogP contribution in [0.5, 0.6) is 0 Å². The second-order valence-electron chi connectivity index (χ2n) is 4.49. The fourth-order valence-corrected chi connectivity index (χ4v) is 2.44. The van der Waals surface area contributed by atoms with Gasteiger partial charge in [-0.25, -0.2) is 9.97 Å². The van der Waals surface area contributed by atoms with Gasteiger partial charge in [-0.2, -0.15) is 0 Å². The van der Waals surface area contributed by atoms with Crippen molar-refractivity contribution in [1.82, 2.24) is 9.97 Å². The third-order valence-corrected chi connectivity index (χ3v) is 3.53. The molecule has 0 aliphatic rings. The fraction of sp³-hybridized carbons (Fsp3) is 0. The van der Waals surface area contributed by atoms with Gasteiger partial charge in [-0.15, -0.1) is 0 Å². The van der Waals surface area contributed by atoms with Gasteiger partial charge in [-0.1, -0.05) is 46.3 Å². The van der Waals surface area contributed by atoms with E-state index in [0.717, 1.165) is 10.0 Å². The Hall–Kier alpha value is -2.33. The Kier molecular flexibility index (Phi) is 3.88. The highest BCUT2D eigenvalue weighted by Crippen LogP contribution is 2.19. The summed E-state index contributed by atoms with van der Waals surface area (Å²) < 4.78 is 0.885. The van der Waals surface area contributed by atoms with Gasteiger partial charge in [0.25, 0.3) is 0 Å². The van der Waals surface area contributed by atoms with Crippen molar-refractivity contribution < 1.29 is 4.79 Å². The summed E-state index contributed by atoms with van der Waals surface area (Å²) in [6, 6.07) is 16.5. The largest absolute Gasteiger partial charge is 0.289 e. The lowest BCUT2D eigenvalue weighted by atomic mass is 10.0. The summed E-state index contributed by atoms with van der Waals surface area (Å²) in [5, 5.41) is 0. The Morgan fingerprint density at radius 2 is 1.52 bits per heavy atom. The number of hydrogen-bond donors (Lipinski definition) is 0. The Balaban J connectivity index is 1.98. The molecule has 3 nitrogen and oxygen atoms in total. The van der Waals surface area contributed by atoms with Crippen molar-refractivity contribution >= 4 is 21.7 Å². The molecule has 0 saturated carbocycles. The minimum Gasteiger partial charge on any atom is -0.289 e. The molecule has 0 bridgehead atoms. The van der Waals surface area contributed by atoms with Gasteiger partial charge < -0.3 is 0 Å². The number of carbonyl (C=O) groups is 1. The van der Waals surface area contributed by atoms with Crippen molar-refractivity contribution in [3.63, 3.8) is 0 Å². The average molecular weight is 339 g/mol. The van der Waals surface area contributed by atoms with E-state index in [-0.39, 0.29) is 5.78 Å². The van der Waals surface area contributed by atoms with Gasteiger partial charge in [-0.3, -0.25) is 4.79 Å². The molecule has 0 fully saturated rings. The molecular weight excluding hydrogens is 328 g/mol. The molecule has 0 N–H and O–H groups in total. The quantitative estimate of drug-likeness (QED) is 0.674. The highest BCUT2D eigenvalue weighted by molar-refractivity contribution is 9.10. The molecule has 0 aliphatic heterocycles. The standard InChI is InChI=1S/C17H11BrN2O/c18-15-7-2-5-13(11-15)16(21)12-4-1-6-14(10-12)17-19-8-3-9-20-17/h1-11H. The number of halogens is 1. The first-order valence-corrected chi connectivity index (χ1v) is 7.21. The van der Waals surface area contributed by atoms with Gasteiger partial charge in [0.1, 0.15) is 0 Å². The minimum atomic E-state index is -0.0194. The topological polar surface area (TPSA) is 42.9 Å². The molecule has 1 heterocycles. The molecule has 0 aliphatic carbocycles. The summed E-state index contributed by atoms with van der Waals surface area (Å²) in [6.45, 7) is 0. The lowest BCUT2D eigenvalue weighted by Crippen LogP contribution is -2.01. The molecule has 2 aromatic carbocycles. The second-order valence-corrected chi connectivity index (χ2v) is 5.41. The Morgan fingerprint density at radius 1 is 0.857 bits per heavy atom. The van der Waals surface area contributed by atoms with Crippen LogP contribution in [0.3, 0.4) is 0 Å². The van der Waals surface area contributed by atoms with E-state index in [9.17, 15) is 4.79 Å². The average Bonchev–Trinajstić information content (AvgIpc) is 2.55. The molecule has 0 atom stereocenters. The predicted molar refractivity (Wildman–Crippen MR) is 85.0 cm³/mol. The number of ketones is 1. The van der Waals surface area contributed by atoms with Crippen LogP contribution in [0.1, 0.15) is 15.9 Å². The zero-order valence-electron chi connectivity index (χ0n) is 11.0. The lowest BCUT2D eigenvalue weighted by Gasteiger charge is -2.04. The van der Waals surface area contributed by atoms with Crippen LogP contribution in [-0.2, 0) is 0 Å². The van der Waals surface area contributed by atoms with Gasteiger partial charge >= 0.3 is 0 Å². The maximum atomic E-state index is 12.5. The summed E-state index contributed by atoms with van der Waals surface area (Å²) in [5.74, 6) is 0.593. The van der Waals surface area contributed by atoms with Crippen molar-refractivity contribution in [2.75, 3.05) is 0 Å². The molecule has 4 heteroatoms. The van der Waals surface area contributed by atoms with E-state index >= 15 is 0 Å². The number of hydrogen-bond acceptors (Lipinski definition) is 3. The van der Waals surface area contributed by atoms with Crippen LogP contribution in [0.2, 0.25) is 0 Å². The van der Waals surface area contributed by atoms with Crippen molar-refractivity contribution in [2.45, 2.75) is 0 Å². The summed E-state index contributed by atoms with van der Waals surface area (Å²) in [5.41, 5.74) is 2.10. The highest BCUT2D eigenvalue weighted by Gasteiger charge is 2.11. The third-order valence-electron chi connectivity index (χ3n) is 3.04. The van der Waals surface area contributed by atoms with Crippen LogP contribution in [0.15, 0.2) is 71.5 Å². The zero-order valence-corrected chi connectivity index (χ0v) is 12.6. The lowest BCUT2D eigenvalue weighted by molar-refractivity contribution is 0.103. The molecule has 0 spiro atoms. The maximum Gasteiger partial charge on any atom is 0.193 e. The first kappa shape index (κ1) is 13.6. The minimum absolute atomic E-state index is 0.0194. The molecule has 0 saturated heterocycles. The molecule has 3 aromatic rings. The Bertz CT molecular complexity index is 788. The number of carbonyl (C=O) groups excluding carboxylic acids is 1. The van der Waals surface area contributed by atoms with Crippen molar-refractivity contribution in [3.05, 3.63) is 82.6 Å². The first-order valence-electron chi connectivity index (χ1n) is 6.42. The molecule has 0 unspecified atom stereocenters. The van der Waals surface area contributed by atoms with E-state index in [2.05, 4.69) is 25.9 Å². The van der Waals surface area contributed by atoms with Crippen LogP contribution >= 0.6 is 15.9 Å². The molecule has 21 heavy (non-hydrogen) atoms. The van der Waals surface area contributed by atoms with Gasteiger partial charge in [-0.05, 0) is 24.3 Å². The summed E-state index contributed by atoms with van der Waals surface area (Å²) in [4.78, 5) is 20.9. The maximum absolute atomic E-state index is 12.5. The monoisotopic (exact) mass is 338 g/mol. The number of benzene rings is 2. The first-order chi connectivity index (χ1) is 10.2. The van der Waals surface area contributed by atoms with Crippen molar-refractivity contribution in [2.24, 2.45) is 0 Å². The molecule has 0 radical (unpaired) electrons. The number of aromatic nitrogens is 2. The van der Waals surface area contributed by atoms with Crippen LogP contribution in [-0.4, -0.2) is 15.8 Å². The highest BCUT2D eigenvalue weighted by atomic mass is 79.9.